The number of amides is 1. The van der Waals surface area contributed by atoms with Gasteiger partial charge in [0.15, 0.2) is 0 Å². The molecule has 0 radical (unpaired) electrons. The summed E-state index contributed by atoms with van der Waals surface area (Å²) in [6, 6.07) is 12.5. The molecule has 3 nitrogen and oxygen atoms in total. The van der Waals surface area contributed by atoms with E-state index in [-0.39, 0.29) is 12.0 Å². The fourth-order valence-electron chi connectivity index (χ4n) is 4.31. The molecule has 2 aromatic rings. The van der Waals surface area contributed by atoms with Crippen LogP contribution >= 0.6 is 0 Å². The van der Waals surface area contributed by atoms with Gasteiger partial charge in [0.05, 0.1) is 11.5 Å². The maximum atomic E-state index is 13.4. The van der Waals surface area contributed by atoms with Crippen LogP contribution in [0.5, 0.6) is 5.75 Å². The summed E-state index contributed by atoms with van der Waals surface area (Å²) in [7, 11) is 0. The van der Waals surface area contributed by atoms with E-state index in [0.29, 0.717) is 0 Å². The molecule has 3 rings (SSSR count). The molecule has 0 spiro atoms. The van der Waals surface area contributed by atoms with E-state index in [1.807, 2.05) is 26.0 Å². The summed E-state index contributed by atoms with van der Waals surface area (Å²) >= 11 is 0. The molecule has 1 aliphatic carbocycles. The van der Waals surface area contributed by atoms with E-state index in [4.69, 9.17) is 4.74 Å². The summed E-state index contributed by atoms with van der Waals surface area (Å²) in [5, 5.41) is 3.22. The Bertz CT molecular complexity index is 826. The molecular weight excluding hydrogens is 346 g/mol. The molecule has 28 heavy (non-hydrogen) atoms. The van der Waals surface area contributed by atoms with E-state index in [0.717, 1.165) is 60.2 Å². The Morgan fingerprint density at radius 3 is 2.32 bits per heavy atom. The van der Waals surface area contributed by atoms with E-state index < -0.39 is 5.41 Å². The lowest BCUT2D eigenvalue weighted by Gasteiger charge is -2.29. The molecule has 0 unspecified atom stereocenters. The topological polar surface area (TPSA) is 38.3 Å². The van der Waals surface area contributed by atoms with Crippen molar-refractivity contribution in [3.63, 3.8) is 0 Å². The van der Waals surface area contributed by atoms with Gasteiger partial charge < -0.3 is 10.1 Å². The number of hydrogen-bond acceptors (Lipinski definition) is 2. The third-order valence-electron chi connectivity index (χ3n) is 6.07. The Morgan fingerprint density at radius 2 is 1.75 bits per heavy atom. The number of nitrogens with one attached hydrogen (secondary N) is 1. The first-order chi connectivity index (χ1) is 13.4. The molecule has 1 atom stereocenters. The number of carbonyl (C=O) groups is 1. The van der Waals surface area contributed by atoms with Crippen LogP contribution in [0.2, 0.25) is 0 Å². The van der Waals surface area contributed by atoms with Gasteiger partial charge in [-0.1, -0.05) is 49.6 Å². The normalized spacial score (nSPS) is 16.6. The molecule has 1 aliphatic rings. The van der Waals surface area contributed by atoms with Crippen molar-refractivity contribution in [3.05, 3.63) is 58.7 Å². The van der Waals surface area contributed by atoms with Crippen molar-refractivity contribution in [3.8, 4) is 5.75 Å². The lowest BCUT2D eigenvalue weighted by molar-refractivity contribution is -0.121. The van der Waals surface area contributed by atoms with Crippen LogP contribution in [-0.4, -0.2) is 12.0 Å². The molecule has 1 saturated carbocycles. The lowest BCUT2D eigenvalue weighted by Crippen LogP contribution is -2.38. The zero-order chi connectivity index (χ0) is 20.3. The summed E-state index contributed by atoms with van der Waals surface area (Å²) in [5.41, 5.74) is 4.91. The van der Waals surface area contributed by atoms with Crippen molar-refractivity contribution in [1.82, 2.24) is 0 Å². The van der Waals surface area contributed by atoms with Gasteiger partial charge in [-0.25, -0.2) is 0 Å². The second kappa shape index (κ2) is 8.38. The molecule has 1 fully saturated rings. The molecule has 0 bridgehead atoms. The van der Waals surface area contributed by atoms with Crippen molar-refractivity contribution in [2.24, 2.45) is 0 Å². The summed E-state index contributed by atoms with van der Waals surface area (Å²) in [6.07, 6.45) is 5.17. The van der Waals surface area contributed by atoms with Crippen molar-refractivity contribution in [2.45, 2.75) is 78.2 Å². The molecule has 0 aromatic heterocycles. The van der Waals surface area contributed by atoms with Crippen LogP contribution in [0.4, 0.5) is 5.69 Å². The van der Waals surface area contributed by atoms with Gasteiger partial charge in [-0.2, -0.15) is 0 Å². The number of benzene rings is 2. The Kier molecular flexibility index (Phi) is 6.12. The molecule has 0 saturated heterocycles. The average molecular weight is 380 g/mol. The van der Waals surface area contributed by atoms with Gasteiger partial charge in [0.2, 0.25) is 5.91 Å². The van der Waals surface area contributed by atoms with E-state index >= 15 is 0 Å². The second-order valence-electron chi connectivity index (χ2n) is 8.39. The number of anilines is 1. The van der Waals surface area contributed by atoms with E-state index in [2.05, 4.69) is 50.4 Å². The molecule has 150 valence electrons. The van der Waals surface area contributed by atoms with Gasteiger partial charge in [-0.15, -0.1) is 0 Å². The van der Waals surface area contributed by atoms with E-state index in [1.54, 1.807) is 0 Å². The summed E-state index contributed by atoms with van der Waals surface area (Å²) < 4.78 is 6.07. The molecular formula is C25H33NO2. The van der Waals surface area contributed by atoms with Crippen molar-refractivity contribution in [1.29, 1.82) is 0 Å². The first-order valence-corrected chi connectivity index (χ1v) is 10.5. The highest BCUT2D eigenvalue weighted by molar-refractivity contribution is 5.99. The number of rotatable bonds is 6. The minimum Gasteiger partial charge on any atom is -0.490 e. The predicted octanol–water partition coefficient (Wildman–Crippen LogP) is 6.24. The number of hydrogen-bond donors (Lipinski definition) is 1. The van der Waals surface area contributed by atoms with Gasteiger partial charge in [0, 0.05) is 5.69 Å². The van der Waals surface area contributed by atoms with Gasteiger partial charge in [0.1, 0.15) is 5.75 Å². The van der Waals surface area contributed by atoms with Crippen LogP contribution in [0.25, 0.3) is 0 Å². The largest absolute Gasteiger partial charge is 0.490 e. The van der Waals surface area contributed by atoms with Crippen LogP contribution in [0, 0.1) is 20.8 Å². The highest BCUT2D eigenvalue weighted by Crippen LogP contribution is 2.42. The van der Waals surface area contributed by atoms with E-state index in [9.17, 15) is 4.79 Å². The van der Waals surface area contributed by atoms with Crippen molar-refractivity contribution < 1.29 is 9.53 Å². The fraction of sp³-hybridized carbons (Fsp3) is 0.480. The quantitative estimate of drug-likeness (QED) is 0.645. The summed E-state index contributed by atoms with van der Waals surface area (Å²) in [6.45, 7) is 10.4. The zero-order valence-corrected chi connectivity index (χ0v) is 17.9. The minimum absolute atomic E-state index is 0.116. The summed E-state index contributed by atoms with van der Waals surface area (Å²) in [5.74, 6) is 1.05. The molecule has 1 N–H and O–H groups in total. The highest BCUT2D eigenvalue weighted by Gasteiger charge is 2.42. The third-order valence-corrected chi connectivity index (χ3v) is 6.07. The molecule has 1 amide bonds. The van der Waals surface area contributed by atoms with Crippen LogP contribution < -0.4 is 10.1 Å². The van der Waals surface area contributed by atoms with Gasteiger partial charge in [0.25, 0.3) is 0 Å². The molecule has 3 heteroatoms. The average Bonchev–Trinajstić information content (AvgIpc) is 3.16. The first kappa shape index (κ1) is 20.4. The van der Waals surface area contributed by atoms with Crippen molar-refractivity contribution >= 4 is 11.6 Å². The predicted molar refractivity (Wildman–Crippen MR) is 116 cm³/mol. The van der Waals surface area contributed by atoms with E-state index in [1.165, 1.54) is 5.56 Å². The molecule has 0 aliphatic heterocycles. The fourth-order valence-corrected chi connectivity index (χ4v) is 4.31. The van der Waals surface area contributed by atoms with Gasteiger partial charge >= 0.3 is 0 Å². The third kappa shape index (κ3) is 4.09. The SMILES string of the molecule is CC[C@H](C)Oc1c(C)cc(NC(=O)C2(c3cccc(C)c3)CCCC2)cc1C. The Morgan fingerprint density at radius 1 is 1.11 bits per heavy atom. The Labute approximate surface area is 169 Å². The first-order valence-electron chi connectivity index (χ1n) is 10.5. The van der Waals surface area contributed by atoms with Crippen LogP contribution in [0.1, 0.15) is 68.2 Å². The maximum absolute atomic E-state index is 13.4. The molecule has 0 heterocycles. The van der Waals surface area contributed by atoms with Crippen molar-refractivity contribution in [2.75, 3.05) is 5.32 Å². The number of carbonyl (C=O) groups excluding carboxylic acids is 1. The van der Waals surface area contributed by atoms with Gasteiger partial charge in [-0.05, 0) is 75.8 Å². The lowest BCUT2D eigenvalue weighted by atomic mass is 9.77. The summed E-state index contributed by atoms with van der Waals surface area (Å²) in [4.78, 5) is 13.4. The van der Waals surface area contributed by atoms with Crippen LogP contribution in [-0.2, 0) is 10.2 Å². The maximum Gasteiger partial charge on any atom is 0.235 e. The Balaban J connectivity index is 1.87. The molecule has 2 aromatic carbocycles. The standard InChI is InChI=1S/C25H33NO2/c1-6-20(5)28-23-18(3)15-22(16-19(23)4)26-24(27)25(12-7-8-13-25)21-11-9-10-17(2)14-21/h9-11,14-16,20H,6-8,12-13H2,1-5H3,(H,26,27)/t20-/m0/s1. The van der Waals surface area contributed by atoms with Crippen LogP contribution in [0.3, 0.4) is 0 Å². The minimum atomic E-state index is -0.417. The Hall–Kier alpha value is -2.29. The number of ether oxygens (including phenoxy) is 1. The monoisotopic (exact) mass is 379 g/mol. The van der Waals surface area contributed by atoms with Crippen LogP contribution in [0.15, 0.2) is 36.4 Å². The zero-order valence-electron chi connectivity index (χ0n) is 17.9. The smallest absolute Gasteiger partial charge is 0.235 e. The van der Waals surface area contributed by atoms with Gasteiger partial charge in [-0.3, -0.25) is 4.79 Å². The second-order valence-corrected chi connectivity index (χ2v) is 8.39. The number of aryl methyl sites for hydroxylation is 3. The highest BCUT2D eigenvalue weighted by atomic mass is 16.5.